The van der Waals surface area contributed by atoms with Crippen LogP contribution in [-0.4, -0.2) is 30.2 Å². The molecule has 1 unspecified atom stereocenters. The van der Waals surface area contributed by atoms with Gasteiger partial charge in [-0.15, -0.1) is 0 Å². The summed E-state index contributed by atoms with van der Waals surface area (Å²) in [6.07, 6.45) is 2.26. The molecule has 1 saturated heterocycles. The van der Waals surface area contributed by atoms with Gasteiger partial charge in [0.05, 0.1) is 5.69 Å². The Bertz CT molecular complexity index is 336. The molecule has 0 aliphatic carbocycles. The molecular weight excluding hydrogens is 206 g/mol. The van der Waals surface area contributed by atoms with Gasteiger partial charge in [0, 0.05) is 18.8 Å². The number of nitrogens with zero attached hydrogens (tertiary/aromatic N) is 1. The zero-order chi connectivity index (χ0) is 11.2. The maximum atomic E-state index is 11.4. The number of hydrogen-bond donors (Lipinski definition) is 2. The van der Waals surface area contributed by atoms with Crippen LogP contribution in [0.5, 0.6) is 0 Å². The van der Waals surface area contributed by atoms with Crippen LogP contribution in [0.25, 0.3) is 0 Å². The second kappa shape index (κ2) is 5.46. The maximum absolute atomic E-state index is 11.4. The number of alkyl carbamates (subject to hydrolysis) is 1. The minimum atomic E-state index is -0.376. The third-order valence-corrected chi connectivity index (χ3v) is 2.46. The molecular formula is C11H15N3O2. The monoisotopic (exact) mass is 221 g/mol. The van der Waals surface area contributed by atoms with Crippen molar-refractivity contribution in [2.75, 3.05) is 13.1 Å². The molecule has 86 valence electrons. The van der Waals surface area contributed by atoms with E-state index in [1.807, 2.05) is 18.2 Å². The molecule has 2 heterocycles. The smallest absolute Gasteiger partial charge is 0.407 e. The lowest BCUT2D eigenvalue weighted by molar-refractivity contribution is 0.135. The SMILES string of the molecule is O=C(NC1CCNC1)OCc1ccccn1. The summed E-state index contributed by atoms with van der Waals surface area (Å²) in [5, 5.41) is 5.97. The second-order valence-corrected chi connectivity index (χ2v) is 3.73. The molecule has 0 spiro atoms. The minimum Gasteiger partial charge on any atom is -0.443 e. The molecule has 1 aromatic heterocycles. The molecule has 1 fully saturated rings. The fourth-order valence-electron chi connectivity index (χ4n) is 1.61. The summed E-state index contributed by atoms with van der Waals surface area (Å²) >= 11 is 0. The van der Waals surface area contributed by atoms with Crippen molar-refractivity contribution in [1.82, 2.24) is 15.6 Å². The second-order valence-electron chi connectivity index (χ2n) is 3.73. The van der Waals surface area contributed by atoms with E-state index in [0.29, 0.717) is 0 Å². The molecule has 0 saturated carbocycles. The van der Waals surface area contributed by atoms with Gasteiger partial charge in [0.2, 0.25) is 0 Å². The van der Waals surface area contributed by atoms with E-state index in [9.17, 15) is 4.79 Å². The van der Waals surface area contributed by atoms with Crippen molar-refractivity contribution in [2.45, 2.75) is 19.1 Å². The summed E-state index contributed by atoms with van der Waals surface area (Å²) in [5.74, 6) is 0. The van der Waals surface area contributed by atoms with E-state index < -0.39 is 0 Å². The van der Waals surface area contributed by atoms with E-state index in [4.69, 9.17) is 4.74 Å². The van der Waals surface area contributed by atoms with E-state index >= 15 is 0 Å². The molecule has 2 rings (SSSR count). The van der Waals surface area contributed by atoms with Gasteiger partial charge in [0.15, 0.2) is 0 Å². The number of carbonyl (C=O) groups excluding carboxylic acids is 1. The average molecular weight is 221 g/mol. The third-order valence-electron chi connectivity index (χ3n) is 2.46. The Morgan fingerprint density at radius 2 is 2.56 bits per heavy atom. The largest absolute Gasteiger partial charge is 0.443 e. The highest BCUT2D eigenvalue weighted by atomic mass is 16.5. The highest BCUT2D eigenvalue weighted by Crippen LogP contribution is 1.99. The number of aromatic nitrogens is 1. The average Bonchev–Trinajstić information content (AvgIpc) is 2.81. The van der Waals surface area contributed by atoms with Crippen molar-refractivity contribution in [1.29, 1.82) is 0 Å². The van der Waals surface area contributed by atoms with Crippen LogP contribution in [0.2, 0.25) is 0 Å². The molecule has 1 atom stereocenters. The molecule has 1 aliphatic heterocycles. The zero-order valence-electron chi connectivity index (χ0n) is 8.98. The fraction of sp³-hybridized carbons (Fsp3) is 0.455. The van der Waals surface area contributed by atoms with Gasteiger partial charge in [0.1, 0.15) is 6.61 Å². The van der Waals surface area contributed by atoms with E-state index in [0.717, 1.165) is 25.2 Å². The number of rotatable bonds is 3. The van der Waals surface area contributed by atoms with Crippen LogP contribution >= 0.6 is 0 Å². The molecule has 2 N–H and O–H groups in total. The Labute approximate surface area is 94.2 Å². The molecule has 1 aliphatic rings. The first kappa shape index (κ1) is 10.9. The molecule has 0 radical (unpaired) electrons. The van der Waals surface area contributed by atoms with Gasteiger partial charge in [-0.1, -0.05) is 6.07 Å². The Hall–Kier alpha value is -1.62. The molecule has 1 aromatic rings. The number of hydrogen-bond acceptors (Lipinski definition) is 4. The Morgan fingerprint density at radius 1 is 1.62 bits per heavy atom. The van der Waals surface area contributed by atoms with Crippen LogP contribution in [0, 0.1) is 0 Å². The number of ether oxygens (including phenoxy) is 1. The number of nitrogens with one attached hydrogen (secondary N) is 2. The van der Waals surface area contributed by atoms with Crippen LogP contribution in [0.15, 0.2) is 24.4 Å². The molecule has 1 amide bonds. The van der Waals surface area contributed by atoms with Crippen molar-refractivity contribution >= 4 is 6.09 Å². The zero-order valence-corrected chi connectivity index (χ0v) is 8.98. The van der Waals surface area contributed by atoms with Crippen LogP contribution in [0.4, 0.5) is 4.79 Å². The predicted octanol–water partition coefficient (Wildman–Crippen LogP) is 0.670. The topological polar surface area (TPSA) is 63.2 Å². The van der Waals surface area contributed by atoms with Gasteiger partial charge < -0.3 is 15.4 Å². The minimum absolute atomic E-state index is 0.191. The Balaban J connectivity index is 1.71. The molecule has 5 nitrogen and oxygen atoms in total. The summed E-state index contributed by atoms with van der Waals surface area (Å²) < 4.78 is 5.05. The Kier molecular flexibility index (Phi) is 3.71. The van der Waals surface area contributed by atoms with Gasteiger partial charge in [-0.05, 0) is 25.1 Å². The normalized spacial score (nSPS) is 19.4. The van der Waals surface area contributed by atoms with Crippen molar-refractivity contribution in [3.63, 3.8) is 0 Å². The highest BCUT2D eigenvalue weighted by molar-refractivity contribution is 5.67. The third kappa shape index (κ3) is 3.20. The summed E-state index contributed by atoms with van der Waals surface area (Å²) in [5.41, 5.74) is 0.752. The van der Waals surface area contributed by atoms with Crippen LogP contribution in [-0.2, 0) is 11.3 Å². The number of carbonyl (C=O) groups is 1. The standard InChI is InChI=1S/C11H15N3O2/c15-11(14-9-4-6-12-7-9)16-8-10-3-1-2-5-13-10/h1-3,5,9,12H,4,6-8H2,(H,14,15). The quantitative estimate of drug-likeness (QED) is 0.787. The highest BCUT2D eigenvalue weighted by Gasteiger charge is 2.17. The maximum Gasteiger partial charge on any atom is 0.407 e. The summed E-state index contributed by atoms with van der Waals surface area (Å²) in [6.45, 7) is 1.98. The van der Waals surface area contributed by atoms with Gasteiger partial charge in [-0.2, -0.15) is 0 Å². The number of pyridine rings is 1. The van der Waals surface area contributed by atoms with Crippen molar-refractivity contribution in [2.24, 2.45) is 0 Å². The van der Waals surface area contributed by atoms with Gasteiger partial charge in [-0.25, -0.2) is 4.79 Å². The van der Waals surface area contributed by atoms with Crippen LogP contribution < -0.4 is 10.6 Å². The van der Waals surface area contributed by atoms with Crippen molar-refractivity contribution in [3.8, 4) is 0 Å². The summed E-state index contributed by atoms with van der Waals surface area (Å²) in [7, 11) is 0. The van der Waals surface area contributed by atoms with Crippen molar-refractivity contribution < 1.29 is 9.53 Å². The lowest BCUT2D eigenvalue weighted by atomic mass is 10.3. The lowest BCUT2D eigenvalue weighted by Crippen LogP contribution is -2.36. The fourth-order valence-corrected chi connectivity index (χ4v) is 1.61. The van der Waals surface area contributed by atoms with Gasteiger partial charge in [0.25, 0.3) is 0 Å². The van der Waals surface area contributed by atoms with Crippen LogP contribution in [0.1, 0.15) is 12.1 Å². The molecule has 0 aromatic carbocycles. The first-order valence-electron chi connectivity index (χ1n) is 5.38. The van der Waals surface area contributed by atoms with Crippen LogP contribution in [0.3, 0.4) is 0 Å². The summed E-state index contributed by atoms with van der Waals surface area (Å²) in [4.78, 5) is 15.4. The Morgan fingerprint density at radius 3 is 3.25 bits per heavy atom. The van der Waals surface area contributed by atoms with E-state index in [2.05, 4.69) is 15.6 Å². The van der Waals surface area contributed by atoms with E-state index in [-0.39, 0.29) is 18.7 Å². The van der Waals surface area contributed by atoms with Gasteiger partial charge in [-0.3, -0.25) is 4.98 Å². The van der Waals surface area contributed by atoms with E-state index in [1.54, 1.807) is 6.20 Å². The molecule has 5 heteroatoms. The first-order chi connectivity index (χ1) is 7.84. The number of amides is 1. The first-order valence-corrected chi connectivity index (χ1v) is 5.38. The predicted molar refractivity (Wildman–Crippen MR) is 58.8 cm³/mol. The van der Waals surface area contributed by atoms with E-state index in [1.165, 1.54) is 0 Å². The lowest BCUT2D eigenvalue weighted by Gasteiger charge is -2.11. The van der Waals surface area contributed by atoms with Crippen molar-refractivity contribution in [3.05, 3.63) is 30.1 Å². The van der Waals surface area contributed by atoms with Gasteiger partial charge >= 0.3 is 6.09 Å². The summed E-state index contributed by atoms with van der Waals surface area (Å²) in [6, 6.07) is 5.71. The molecule has 16 heavy (non-hydrogen) atoms. The molecule has 0 bridgehead atoms.